The van der Waals surface area contributed by atoms with Crippen molar-refractivity contribution >= 4 is 39.1 Å². The molecule has 3 aromatic carbocycles. The molecule has 0 amide bonds. The number of anilines is 1. The first-order valence-electron chi connectivity index (χ1n) is 17.2. The monoisotopic (exact) mass is 667 g/mol. The summed E-state index contributed by atoms with van der Waals surface area (Å²) in [5, 5.41) is 16.8. The largest absolute Gasteiger partial charge is 0.508 e. The maximum atomic E-state index is 17.2. The molecule has 1 spiro atoms. The Labute approximate surface area is 284 Å². The van der Waals surface area contributed by atoms with Gasteiger partial charge in [0.05, 0.1) is 29.4 Å². The Bertz CT molecular complexity index is 2010. The third-order valence-corrected chi connectivity index (χ3v) is 11.5. The number of morpholine rings is 1. The van der Waals surface area contributed by atoms with Crippen molar-refractivity contribution in [3.05, 3.63) is 52.3 Å². The van der Waals surface area contributed by atoms with Gasteiger partial charge in [-0.15, -0.1) is 6.42 Å². The summed E-state index contributed by atoms with van der Waals surface area (Å²) in [4.78, 5) is 14.6. The lowest BCUT2D eigenvalue weighted by Crippen LogP contribution is -2.51. The molecule has 4 aromatic rings. The summed E-state index contributed by atoms with van der Waals surface area (Å²) in [6.45, 7) is 7.60. The SMILES string of the molecule is C#Cc1c(Cl)ccc2cc(O)cc(-c3c(C)cc4c(N5CC6CCC(C5)N6)nc(OCC5(CN6CCOC7(CC7)C6)CC5)nc4c3F)c12. The minimum atomic E-state index is -0.504. The van der Waals surface area contributed by atoms with E-state index in [0.29, 0.717) is 67.9 Å². The van der Waals surface area contributed by atoms with Crippen molar-refractivity contribution in [3.8, 4) is 35.2 Å². The summed E-state index contributed by atoms with van der Waals surface area (Å²) < 4.78 is 29.7. The molecule has 9 rings (SSSR count). The van der Waals surface area contributed by atoms with Crippen LogP contribution in [0.2, 0.25) is 5.02 Å². The van der Waals surface area contributed by atoms with Crippen molar-refractivity contribution in [2.45, 2.75) is 63.1 Å². The number of rotatable bonds is 7. The Morgan fingerprint density at radius 1 is 1.15 bits per heavy atom. The lowest BCUT2D eigenvalue weighted by atomic mass is 9.90. The highest BCUT2D eigenvalue weighted by molar-refractivity contribution is 6.33. The summed E-state index contributed by atoms with van der Waals surface area (Å²) in [5.41, 5.74) is 2.24. The molecule has 1 aromatic heterocycles. The molecule has 48 heavy (non-hydrogen) atoms. The van der Waals surface area contributed by atoms with Crippen molar-refractivity contribution in [3.63, 3.8) is 0 Å². The minimum absolute atomic E-state index is 0.00740. The number of aromatic nitrogens is 2. The predicted molar refractivity (Wildman–Crippen MR) is 185 cm³/mol. The third-order valence-electron chi connectivity index (χ3n) is 11.2. The lowest BCUT2D eigenvalue weighted by molar-refractivity contribution is -0.0532. The van der Waals surface area contributed by atoms with E-state index in [1.165, 1.54) is 0 Å². The molecule has 2 saturated carbocycles. The van der Waals surface area contributed by atoms with Crippen molar-refractivity contribution in [1.29, 1.82) is 0 Å². The van der Waals surface area contributed by atoms with E-state index in [0.717, 1.165) is 77.9 Å². The van der Waals surface area contributed by atoms with Crippen molar-refractivity contribution in [1.82, 2.24) is 20.2 Å². The first-order chi connectivity index (χ1) is 23.2. The number of ether oxygens (including phenoxy) is 2. The third kappa shape index (κ3) is 5.25. The molecule has 5 fully saturated rings. The fraction of sp³-hybridized carbons (Fsp3) is 0.474. The van der Waals surface area contributed by atoms with Crippen LogP contribution in [0.5, 0.6) is 11.8 Å². The number of terminal acetylenes is 1. The van der Waals surface area contributed by atoms with Gasteiger partial charge in [0.1, 0.15) is 17.1 Å². The van der Waals surface area contributed by atoms with Crippen LogP contribution >= 0.6 is 11.6 Å². The standard InChI is InChI=1S/C38H39ClFN5O3/c1-3-27-30(39)7-4-23-15-26(46)16-28(32(23)27)31-22(2)14-29-34(33(31)40)42-36(43-35(29)45-17-24-5-6-25(18-45)41-24)47-21-37(8-9-37)19-44-12-13-48-38(20-44)10-11-38/h1,4,7,14-16,24-25,41,46H,5-6,8-13,17-21H2,2H3. The van der Waals surface area contributed by atoms with Gasteiger partial charge in [-0.25, -0.2) is 4.39 Å². The van der Waals surface area contributed by atoms with Gasteiger partial charge < -0.3 is 24.8 Å². The zero-order valence-electron chi connectivity index (χ0n) is 27.1. The minimum Gasteiger partial charge on any atom is -0.508 e. The molecule has 10 heteroatoms. The molecule has 3 saturated heterocycles. The van der Waals surface area contributed by atoms with Crippen molar-refractivity contribution < 1.29 is 19.0 Å². The molecule has 248 valence electrons. The highest BCUT2D eigenvalue weighted by Crippen LogP contribution is 2.49. The Morgan fingerprint density at radius 3 is 2.67 bits per heavy atom. The first-order valence-corrected chi connectivity index (χ1v) is 17.5. The number of benzene rings is 3. The van der Waals surface area contributed by atoms with Gasteiger partial charge in [-0.2, -0.15) is 9.97 Å². The van der Waals surface area contributed by atoms with Crippen LogP contribution in [0.3, 0.4) is 0 Å². The van der Waals surface area contributed by atoms with Gasteiger partial charge >= 0.3 is 6.01 Å². The van der Waals surface area contributed by atoms with Crippen LogP contribution in [0.15, 0.2) is 30.3 Å². The fourth-order valence-corrected chi connectivity index (χ4v) is 8.62. The Balaban J connectivity index is 1.13. The number of aromatic hydroxyl groups is 1. The second kappa shape index (κ2) is 11.2. The van der Waals surface area contributed by atoms with E-state index in [9.17, 15) is 5.11 Å². The second-order valence-corrected chi connectivity index (χ2v) is 15.2. The van der Waals surface area contributed by atoms with Gasteiger partial charge in [-0.3, -0.25) is 4.90 Å². The van der Waals surface area contributed by atoms with Crippen LogP contribution in [0.1, 0.15) is 49.7 Å². The number of aryl methyl sites for hydroxylation is 1. The number of nitrogens with zero attached hydrogens (tertiary/aromatic N) is 4. The van der Waals surface area contributed by atoms with Crippen molar-refractivity contribution in [2.75, 3.05) is 50.8 Å². The number of piperazine rings is 1. The van der Waals surface area contributed by atoms with Gasteiger partial charge in [0, 0.05) is 66.6 Å². The van der Waals surface area contributed by atoms with Crippen LogP contribution in [0, 0.1) is 30.5 Å². The molecule has 8 nitrogen and oxygen atoms in total. The topological polar surface area (TPSA) is 83.0 Å². The van der Waals surface area contributed by atoms with Crippen LogP contribution in [0.25, 0.3) is 32.8 Å². The van der Waals surface area contributed by atoms with Gasteiger partial charge in [0.15, 0.2) is 5.82 Å². The molecule has 3 aliphatic heterocycles. The van der Waals surface area contributed by atoms with Gasteiger partial charge in [-0.05, 0) is 86.2 Å². The quantitative estimate of drug-likeness (QED) is 0.226. The van der Waals surface area contributed by atoms with E-state index < -0.39 is 5.82 Å². The Morgan fingerprint density at radius 2 is 1.94 bits per heavy atom. The van der Waals surface area contributed by atoms with E-state index in [1.54, 1.807) is 24.3 Å². The molecular weight excluding hydrogens is 629 g/mol. The average molecular weight is 668 g/mol. The highest BCUT2D eigenvalue weighted by atomic mass is 35.5. The highest BCUT2D eigenvalue weighted by Gasteiger charge is 2.51. The number of hydrogen-bond acceptors (Lipinski definition) is 8. The van der Waals surface area contributed by atoms with Gasteiger partial charge in [-0.1, -0.05) is 23.6 Å². The summed E-state index contributed by atoms with van der Waals surface area (Å²) in [6, 6.07) is 9.54. The van der Waals surface area contributed by atoms with E-state index in [4.69, 9.17) is 37.5 Å². The summed E-state index contributed by atoms with van der Waals surface area (Å²) in [5.74, 6) is 2.89. The normalized spacial score (nSPS) is 23.9. The molecule has 2 atom stereocenters. The summed E-state index contributed by atoms with van der Waals surface area (Å²) in [6.07, 6.45) is 12.6. The van der Waals surface area contributed by atoms with Crippen LogP contribution in [-0.4, -0.2) is 83.6 Å². The Hall–Kier alpha value is -3.68. The first kappa shape index (κ1) is 30.4. The lowest BCUT2D eigenvalue weighted by Gasteiger charge is -2.35. The average Bonchev–Trinajstić information content (AvgIpc) is 3.99. The maximum absolute atomic E-state index is 17.2. The maximum Gasteiger partial charge on any atom is 0.319 e. The number of phenolic OH excluding ortho intramolecular Hbond substituents is 1. The molecule has 0 radical (unpaired) electrons. The van der Waals surface area contributed by atoms with Gasteiger partial charge in [0.2, 0.25) is 0 Å². The van der Waals surface area contributed by atoms with Crippen LogP contribution in [-0.2, 0) is 4.74 Å². The second-order valence-electron chi connectivity index (χ2n) is 14.8. The smallest absolute Gasteiger partial charge is 0.319 e. The summed E-state index contributed by atoms with van der Waals surface area (Å²) in [7, 11) is 0. The van der Waals surface area contributed by atoms with Crippen LogP contribution in [0.4, 0.5) is 10.2 Å². The van der Waals surface area contributed by atoms with Crippen LogP contribution < -0.4 is 15.0 Å². The molecule has 2 aliphatic carbocycles. The zero-order chi connectivity index (χ0) is 32.8. The Kier molecular flexibility index (Phi) is 7.07. The van der Waals surface area contributed by atoms with Crippen molar-refractivity contribution in [2.24, 2.45) is 5.41 Å². The number of fused-ring (bicyclic) bond motifs is 4. The molecule has 2 unspecified atom stereocenters. The molecule has 2 bridgehead atoms. The summed E-state index contributed by atoms with van der Waals surface area (Å²) >= 11 is 6.53. The number of halogens is 2. The van der Waals surface area contributed by atoms with E-state index in [2.05, 4.69) is 21.0 Å². The number of hydrogen-bond donors (Lipinski definition) is 2. The number of nitrogens with one attached hydrogen (secondary N) is 1. The zero-order valence-corrected chi connectivity index (χ0v) is 27.9. The predicted octanol–water partition coefficient (Wildman–Crippen LogP) is 6.20. The molecule has 2 N–H and O–H groups in total. The van der Waals surface area contributed by atoms with E-state index >= 15 is 4.39 Å². The fourth-order valence-electron chi connectivity index (χ4n) is 8.40. The van der Waals surface area contributed by atoms with E-state index in [1.807, 2.05) is 13.0 Å². The molecule has 4 heterocycles. The molecule has 5 aliphatic rings. The molecular formula is C38H39ClFN5O3. The van der Waals surface area contributed by atoms with Gasteiger partial charge in [0.25, 0.3) is 0 Å². The number of phenols is 1. The van der Waals surface area contributed by atoms with E-state index in [-0.39, 0.29) is 28.3 Å².